The molecule has 2 aromatic carbocycles. The van der Waals surface area contributed by atoms with Crippen molar-refractivity contribution in [3.05, 3.63) is 58.1 Å². The summed E-state index contributed by atoms with van der Waals surface area (Å²) in [6.07, 6.45) is 0. The van der Waals surface area contributed by atoms with Crippen LogP contribution in [0.1, 0.15) is 5.56 Å². The normalized spacial score (nSPS) is 11.0. The predicted octanol–water partition coefficient (Wildman–Crippen LogP) is 2.71. The third-order valence-electron chi connectivity index (χ3n) is 3.08. The summed E-state index contributed by atoms with van der Waals surface area (Å²) in [6, 6.07) is 10.2. The Kier molecular flexibility index (Phi) is 4.32. The van der Waals surface area contributed by atoms with Crippen LogP contribution in [0.15, 0.2) is 47.4 Å². The molecule has 0 aromatic heterocycles. The maximum atomic E-state index is 12.4. The van der Waals surface area contributed by atoms with Gasteiger partial charge in [0.2, 0.25) is 0 Å². The van der Waals surface area contributed by atoms with Gasteiger partial charge in [-0.3, -0.25) is 14.8 Å². The molecule has 2 rings (SSSR count). The Hall–Kier alpha value is -2.61. The number of benzene rings is 2. The third kappa shape index (κ3) is 3.17. The van der Waals surface area contributed by atoms with Gasteiger partial charge < -0.3 is 4.74 Å². The molecule has 2 aromatic rings. The average molecular weight is 322 g/mol. The van der Waals surface area contributed by atoms with E-state index in [-0.39, 0.29) is 16.1 Å². The van der Waals surface area contributed by atoms with Crippen LogP contribution in [0.2, 0.25) is 0 Å². The highest BCUT2D eigenvalue weighted by Gasteiger charge is 2.22. The zero-order valence-corrected chi connectivity index (χ0v) is 12.8. The first-order chi connectivity index (χ1) is 10.3. The molecule has 1 N–H and O–H groups in total. The van der Waals surface area contributed by atoms with Gasteiger partial charge in [-0.2, -0.15) is 0 Å². The van der Waals surface area contributed by atoms with Crippen molar-refractivity contribution in [1.29, 1.82) is 0 Å². The number of methoxy groups -OCH3 is 1. The number of nitro benzene ring substituents is 1. The van der Waals surface area contributed by atoms with Crippen LogP contribution in [-0.2, 0) is 10.0 Å². The molecular formula is C14H14N2O5S. The van der Waals surface area contributed by atoms with Crippen LogP contribution in [0.3, 0.4) is 0 Å². The van der Waals surface area contributed by atoms with Crippen molar-refractivity contribution in [2.75, 3.05) is 11.8 Å². The van der Waals surface area contributed by atoms with Crippen LogP contribution >= 0.6 is 0 Å². The summed E-state index contributed by atoms with van der Waals surface area (Å²) in [5.74, 6) is 0.592. The Morgan fingerprint density at radius 3 is 2.32 bits per heavy atom. The lowest BCUT2D eigenvalue weighted by molar-refractivity contribution is -0.385. The highest BCUT2D eigenvalue weighted by Crippen LogP contribution is 2.26. The Bertz CT molecular complexity index is 800. The van der Waals surface area contributed by atoms with Gasteiger partial charge in [0.05, 0.1) is 16.9 Å². The quantitative estimate of drug-likeness (QED) is 0.674. The molecule has 0 fully saturated rings. The largest absolute Gasteiger partial charge is 0.497 e. The van der Waals surface area contributed by atoms with E-state index in [1.54, 1.807) is 24.3 Å². The summed E-state index contributed by atoms with van der Waals surface area (Å²) < 4.78 is 32.2. The number of anilines is 1. The number of sulfonamides is 1. The van der Waals surface area contributed by atoms with Gasteiger partial charge in [0.15, 0.2) is 0 Å². The molecular weight excluding hydrogens is 308 g/mol. The first-order valence-electron chi connectivity index (χ1n) is 6.26. The minimum atomic E-state index is -3.91. The molecule has 0 aliphatic rings. The summed E-state index contributed by atoms with van der Waals surface area (Å²) in [7, 11) is -2.41. The molecule has 0 aliphatic heterocycles. The summed E-state index contributed by atoms with van der Waals surface area (Å²) in [6.45, 7) is 1.40. The molecule has 8 heteroatoms. The van der Waals surface area contributed by atoms with Crippen molar-refractivity contribution < 1.29 is 18.1 Å². The molecule has 0 saturated carbocycles. The van der Waals surface area contributed by atoms with E-state index < -0.39 is 14.9 Å². The number of ether oxygens (including phenoxy) is 1. The van der Waals surface area contributed by atoms with Crippen LogP contribution in [0, 0.1) is 17.0 Å². The monoisotopic (exact) mass is 322 g/mol. The van der Waals surface area contributed by atoms with E-state index in [1.807, 2.05) is 0 Å². The second kappa shape index (κ2) is 6.02. The van der Waals surface area contributed by atoms with Crippen molar-refractivity contribution in [3.63, 3.8) is 0 Å². The van der Waals surface area contributed by atoms with Crippen LogP contribution < -0.4 is 9.46 Å². The molecule has 0 unspecified atom stereocenters. The number of nitro groups is 1. The second-order valence-electron chi connectivity index (χ2n) is 4.49. The molecule has 0 spiro atoms. The number of nitrogens with zero attached hydrogens (tertiary/aromatic N) is 1. The van der Waals surface area contributed by atoms with Gasteiger partial charge in [-0.05, 0) is 37.3 Å². The van der Waals surface area contributed by atoms with E-state index in [1.165, 1.54) is 32.2 Å². The Balaban J connectivity index is 2.38. The van der Waals surface area contributed by atoms with E-state index in [0.29, 0.717) is 11.4 Å². The first kappa shape index (κ1) is 15.8. The highest BCUT2D eigenvalue weighted by atomic mass is 32.2. The van der Waals surface area contributed by atoms with Crippen LogP contribution in [0.5, 0.6) is 5.75 Å². The smallest absolute Gasteiger partial charge is 0.273 e. The van der Waals surface area contributed by atoms with Crippen LogP contribution in [-0.4, -0.2) is 20.5 Å². The van der Waals surface area contributed by atoms with Gasteiger partial charge in [0.1, 0.15) is 5.75 Å². The Labute approximate surface area is 127 Å². The van der Waals surface area contributed by atoms with E-state index in [4.69, 9.17) is 4.74 Å². The van der Waals surface area contributed by atoms with Gasteiger partial charge in [-0.25, -0.2) is 8.42 Å². The van der Waals surface area contributed by atoms with Crippen molar-refractivity contribution in [1.82, 2.24) is 0 Å². The van der Waals surface area contributed by atoms with Crippen molar-refractivity contribution in [2.24, 2.45) is 0 Å². The highest BCUT2D eigenvalue weighted by molar-refractivity contribution is 7.92. The Morgan fingerprint density at radius 1 is 1.14 bits per heavy atom. The fourth-order valence-electron chi connectivity index (χ4n) is 1.96. The third-order valence-corrected chi connectivity index (χ3v) is 4.61. The average Bonchev–Trinajstić information content (AvgIpc) is 2.47. The van der Waals surface area contributed by atoms with Gasteiger partial charge in [0, 0.05) is 17.3 Å². The van der Waals surface area contributed by atoms with Gasteiger partial charge >= 0.3 is 0 Å². The number of hydrogen-bond acceptors (Lipinski definition) is 5. The second-order valence-corrected chi connectivity index (χ2v) is 6.14. The minimum absolute atomic E-state index is 0.0912. The van der Waals surface area contributed by atoms with Crippen molar-refractivity contribution in [3.8, 4) is 5.75 Å². The fourth-order valence-corrected chi connectivity index (χ4v) is 3.28. The summed E-state index contributed by atoms with van der Waals surface area (Å²) in [5.41, 5.74) is 0.192. The molecule has 0 saturated heterocycles. The molecule has 0 heterocycles. The van der Waals surface area contributed by atoms with Crippen LogP contribution in [0.4, 0.5) is 11.4 Å². The van der Waals surface area contributed by atoms with E-state index >= 15 is 0 Å². The molecule has 0 amide bonds. The summed E-state index contributed by atoms with van der Waals surface area (Å²) in [5, 5.41) is 10.9. The summed E-state index contributed by atoms with van der Waals surface area (Å²) >= 11 is 0. The zero-order chi connectivity index (χ0) is 16.3. The SMILES string of the molecule is COc1ccc(NS(=O)(=O)c2cccc([N+](=O)[O-])c2C)cc1. The lowest BCUT2D eigenvalue weighted by Gasteiger charge is -2.10. The van der Waals surface area contributed by atoms with Crippen LogP contribution in [0.25, 0.3) is 0 Å². The number of rotatable bonds is 5. The standard InChI is InChI=1S/C14H14N2O5S/c1-10-13(16(17)18)4-3-5-14(10)22(19,20)15-11-6-8-12(21-2)9-7-11/h3-9,15H,1-2H3. The fraction of sp³-hybridized carbons (Fsp3) is 0.143. The molecule has 0 atom stereocenters. The van der Waals surface area contributed by atoms with Crippen molar-refractivity contribution >= 4 is 21.4 Å². The van der Waals surface area contributed by atoms with E-state index in [0.717, 1.165) is 0 Å². The maximum absolute atomic E-state index is 12.4. The van der Waals surface area contributed by atoms with Gasteiger partial charge in [-0.1, -0.05) is 6.07 Å². The van der Waals surface area contributed by atoms with E-state index in [2.05, 4.69) is 4.72 Å². The van der Waals surface area contributed by atoms with Gasteiger partial charge in [0.25, 0.3) is 15.7 Å². The van der Waals surface area contributed by atoms with E-state index in [9.17, 15) is 18.5 Å². The maximum Gasteiger partial charge on any atom is 0.273 e. The molecule has 7 nitrogen and oxygen atoms in total. The molecule has 22 heavy (non-hydrogen) atoms. The lowest BCUT2D eigenvalue weighted by atomic mass is 10.2. The predicted molar refractivity (Wildman–Crippen MR) is 81.6 cm³/mol. The topological polar surface area (TPSA) is 98.5 Å². The molecule has 0 bridgehead atoms. The first-order valence-corrected chi connectivity index (χ1v) is 7.74. The minimum Gasteiger partial charge on any atom is -0.497 e. The summed E-state index contributed by atoms with van der Waals surface area (Å²) in [4.78, 5) is 10.2. The number of nitrogens with one attached hydrogen (secondary N) is 1. The Morgan fingerprint density at radius 2 is 1.77 bits per heavy atom. The molecule has 0 aliphatic carbocycles. The molecule has 116 valence electrons. The lowest BCUT2D eigenvalue weighted by Crippen LogP contribution is -2.14. The van der Waals surface area contributed by atoms with Crippen molar-refractivity contribution in [2.45, 2.75) is 11.8 Å². The van der Waals surface area contributed by atoms with Gasteiger partial charge in [-0.15, -0.1) is 0 Å². The number of hydrogen-bond donors (Lipinski definition) is 1. The molecule has 0 radical (unpaired) electrons. The zero-order valence-electron chi connectivity index (χ0n) is 11.9.